The Morgan fingerprint density at radius 1 is 1.18 bits per heavy atom. The Balaban J connectivity index is 1.50. The number of carboxylic acids is 1. The number of nitrogens with zero attached hydrogens (tertiary/aromatic N) is 2. The predicted octanol–water partition coefficient (Wildman–Crippen LogP) is 6.80. The first kappa shape index (κ1) is 27.9. The zero-order valence-corrected chi connectivity index (χ0v) is 22.4. The molecule has 3 heterocycles. The number of ether oxygens (including phenoxy) is 2. The number of rotatable bonds is 8. The van der Waals surface area contributed by atoms with Gasteiger partial charge in [0.2, 0.25) is 12.0 Å². The topological polar surface area (TPSA) is 108 Å². The quantitative estimate of drug-likeness (QED) is 0.233. The van der Waals surface area contributed by atoms with E-state index in [1.807, 2.05) is 0 Å². The first-order chi connectivity index (χ1) is 19.1. The molecule has 4 aromatic rings. The molecule has 0 amide bonds. The standard InChI is InChI=1S/C28H23ClF3N3O4S/c29-18-7-8-19(20(11-18)17-2-1-9-38-12-17)25(28(30,31)32)39-26-24-23(34-14-35-26)21(13-40-24)16-5-3-15(4-6-16)10-22(33)27(36)37/h3-8,11-14,22,25H,1-2,9-10,33H2,(H,36,37)/t22?,25-/m1/s1. The SMILES string of the molecule is NC(Cc1ccc(-c2csc3c(O[C@H](c4ccc(Cl)cc4C4=COCCC4)C(F)(F)F)ncnc23)cc1)C(=O)O. The smallest absolute Gasteiger partial charge is 0.429 e. The van der Waals surface area contributed by atoms with E-state index in [0.717, 1.165) is 11.1 Å². The summed E-state index contributed by atoms with van der Waals surface area (Å²) in [4.78, 5) is 19.4. The minimum Gasteiger partial charge on any atom is -0.501 e. The minimum absolute atomic E-state index is 0.0904. The Morgan fingerprint density at radius 2 is 1.95 bits per heavy atom. The Bertz CT molecular complexity index is 1570. The van der Waals surface area contributed by atoms with Crippen LogP contribution in [0.25, 0.3) is 26.9 Å². The number of aromatic nitrogens is 2. The predicted molar refractivity (Wildman–Crippen MR) is 146 cm³/mol. The lowest BCUT2D eigenvalue weighted by Gasteiger charge is -2.25. The van der Waals surface area contributed by atoms with E-state index < -0.39 is 24.3 Å². The largest absolute Gasteiger partial charge is 0.501 e. The molecule has 2 atom stereocenters. The molecule has 1 unspecified atom stereocenters. The molecule has 208 valence electrons. The first-order valence-corrected chi connectivity index (χ1v) is 13.5. The number of aliphatic carboxylic acids is 1. The number of hydrogen-bond donors (Lipinski definition) is 2. The van der Waals surface area contributed by atoms with Crippen molar-refractivity contribution in [3.8, 4) is 17.0 Å². The summed E-state index contributed by atoms with van der Waals surface area (Å²) in [6.07, 6.45) is -3.05. The van der Waals surface area contributed by atoms with E-state index in [-0.39, 0.29) is 17.9 Å². The molecule has 7 nitrogen and oxygen atoms in total. The molecule has 12 heteroatoms. The lowest BCUT2D eigenvalue weighted by Crippen LogP contribution is -2.32. The summed E-state index contributed by atoms with van der Waals surface area (Å²) in [5.74, 6) is -1.29. The Kier molecular flexibility index (Phi) is 7.97. The maximum atomic E-state index is 14.5. The van der Waals surface area contributed by atoms with E-state index in [2.05, 4.69) is 9.97 Å². The van der Waals surface area contributed by atoms with Crippen molar-refractivity contribution >= 4 is 44.7 Å². The molecule has 0 aliphatic carbocycles. The van der Waals surface area contributed by atoms with Gasteiger partial charge in [0.05, 0.1) is 18.4 Å². The molecule has 0 bridgehead atoms. The summed E-state index contributed by atoms with van der Waals surface area (Å²) in [6.45, 7) is 0.497. The van der Waals surface area contributed by atoms with Gasteiger partial charge in [-0.3, -0.25) is 4.79 Å². The van der Waals surface area contributed by atoms with Gasteiger partial charge in [-0.1, -0.05) is 41.9 Å². The van der Waals surface area contributed by atoms with Crippen molar-refractivity contribution in [3.63, 3.8) is 0 Å². The van der Waals surface area contributed by atoms with Crippen molar-refractivity contribution in [1.82, 2.24) is 9.97 Å². The van der Waals surface area contributed by atoms with Crippen molar-refractivity contribution in [2.75, 3.05) is 6.61 Å². The van der Waals surface area contributed by atoms with Crippen LogP contribution in [0, 0.1) is 0 Å². The maximum Gasteiger partial charge on any atom is 0.429 e. The highest BCUT2D eigenvalue weighted by Gasteiger charge is 2.45. The molecule has 3 N–H and O–H groups in total. The molecule has 0 fully saturated rings. The number of carbonyl (C=O) groups is 1. The number of hydrogen-bond acceptors (Lipinski definition) is 7. The first-order valence-electron chi connectivity index (χ1n) is 12.3. The maximum absolute atomic E-state index is 14.5. The highest BCUT2D eigenvalue weighted by molar-refractivity contribution is 7.18. The third-order valence-corrected chi connectivity index (χ3v) is 7.66. The summed E-state index contributed by atoms with van der Waals surface area (Å²) in [6, 6.07) is 10.3. The number of thiophene rings is 1. The molecule has 1 aliphatic heterocycles. The van der Waals surface area contributed by atoms with Gasteiger partial charge < -0.3 is 20.3 Å². The molecule has 0 saturated carbocycles. The highest BCUT2D eigenvalue weighted by Crippen LogP contribution is 2.44. The molecule has 2 aromatic heterocycles. The second-order valence-corrected chi connectivity index (χ2v) is 10.6. The number of halogens is 4. The number of benzene rings is 2. The molecule has 0 radical (unpaired) electrons. The zero-order valence-electron chi connectivity index (χ0n) is 20.8. The average Bonchev–Trinajstić information content (AvgIpc) is 3.37. The van der Waals surface area contributed by atoms with Crippen molar-refractivity contribution < 1.29 is 32.5 Å². The van der Waals surface area contributed by atoms with Crippen LogP contribution in [0.15, 0.2) is 60.4 Å². The molecule has 0 spiro atoms. The van der Waals surface area contributed by atoms with Gasteiger partial charge in [0, 0.05) is 21.5 Å². The molecular formula is C28H23ClF3N3O4S. The van der Waals surface area contributed by atoms with Crippen LogP contribution in [0.1, 0.15) is 35.6 Å². The minimum atomic E-state index is -4.76. The van der Waals surface area contributed by atoms with Crippen LogP contribution in [0.3, 0.4) is 0 Å². The fourth-order valence-corrected chi connectivity index (χ4v) is 5.63. The number of nitrogens with two attached hydrogens (primary N) is 1. The number of alkyl halides is 3. The van der Waals surface area contributed by atoms with Crippen LogP contribution in [-0.4, -0.2) is 39.9 Å². The van der Waals surface area contributed by atoms with Crippen molar-refractivity contribution in [1.29, 1.82) is 0 Å². The fourth-order valence-electron chi connectivity index (χ4n) is 4.50. The van der Waals surface area contributed by atoms with E-state index in [0.29, 0.717) is 51.4 Å². The number of allylic oxidation sites excluding steroid dienone is 1. The van der Waals surface area contributed by atoms with E-state index in [9.17, 15) is 18.0 Å². The van der Waals surface area contributed by atoms with Crippen LogP contribution in [-0.2, 0) is 16.0 Å². The van der Waals surface area contributed by atoms with Crippen molar-refractivity contribution in [2.45, 2.75) is 37.6 Å². The van der Waals surface area contributed by atoms with Gasteiger partial charge in [0.1, 0.15) is 17.1 Å². The third kappa shape index (κ3) is 5.91. The molecule has 2 aromatic carbocycles. The molecule has 40 heavy (non-hydrogen) atoms. The van der Waals surface area contributed by atoms with E-state index in [1.54, 1.807) is 29.6 Å². The van der Waals surface area contributed by atoms with Gasteiger partial charge in [-0.15, -0.1) is 11.3 Å². The van der Waals surface area contributed by atoms with Crippen LogP contribution in [0.5, 0.6) is 5.88 Å². The van der Waals surface area contributed by atoms with Gasteiger partial charge in [0.15, 0.2) is 0 Å². The second kappa shape index (κ2) is 11.4. The van der Waals surface area contributed by atoms with Crippen LogP contribution >= 0.6 is 22.9 Å². The van der Waals surface area contributed by atoms with Crippen LogP contribution in [0.4, 0.5) is 13.2 Å². The summed E-state index contributed by atoms with van der Waals surface area (Å²) >= 11 is 7.33. The average molecular weight is 590 g/mol. The lowest BCUT2D eigenvalue weighted by molar-refractivity contribution is -0.198. The Morgan fingerprint density at radius 3 is 2.62 bits per heavy atom. The molecule has 1 aliphatic rings. The zero-order chi connectivity index (χ0) is 28.4. The summed E-state index contributed by atoms with van der Waals surface area (Å²) in [7, 11) is 0. The molecular weight excluding hydrogens is 567 g/mol. The Labute approximate surface area is 236 Å². The molecule has 5 rings (SSSR count). The fraction of sp³-hybridized carbons (Fsp3) is 0.250. The number of fused-ring (bicyclic) bond motifs is 1. The molecule has 0 saturated heterocycles. The van der Waals surface area contributed by atoms with Crippen LogP contribution in [0.2, 0.25) is 5.02 Å². The van der Waals surface area contributed by atoms with Crippen molar-refractivity contribution in [2.24, 2.45) is 5.73 Å². The van der Waals surface area contributed by atoms with E-state index in [4.69, 9.17) is 31.9 Å². The summed E-state index contributed by atoms with van der Waals surface area (Å²) in [5, 5.41) is 11.1. The lowest BCUT2D eigenvalue weighted by atomic mass is 9.93. The van der Waals surface area contributed by atoms with Crippen molar-refractivity contribution in [3.05, 3.63) is 82.1 Å². The monoisotopic (exact) mass is 589 g/mol. The normalized spacial score (nSPS) is 15.3. The van der Waals surface area contributed by atoms with Gasteiger partial charge in [0.25, 0.3) is 0 Å². The summed E-state index contributed by atoms with van der Waals surface area (Å²) in [5.41, 5.74) is 9.06. The number of carboxylic acid groups (broad SMARTS) is 1. The third-order valence-electron chi connectivity index (χ3n) is 6.46. The van der Waals surface area contributed by atoms with Gasteiger partial charge >= 0.3 is 12.1 Å². The van der Waals surface area contributed by atoms with E-state index in [1.165, 1.54) is 42.1 Å². The highest BCUT2D eigenvalue weighted by atomic mass is 35.5. The van der Waals surface area contributed by atoms with E-state index >= 15 is 0 Å². The van der Waals surface area contributed by atoms with Crippen LogP contribution < -0.4 is 10.5 Å². The second-order valence-electron chi connectivity index (χ2n) is 9.24. The van der Waals surface area contributed by atoms with Gasteiger partial charge in [-0.05, 0) is 53.7 Å². The Hall–Kier alpha value is -3.67. The summed E-state index contributed by atoms with van der Waals surface area (Å²) < 4.78 is 54.9. The van der Waals surface area contributed by atoms with Gasteiger partial charge in [-0.25, -0.2) is 9.97 Å². The van der Waals surface area contributed by atoms with Gasteiger partial charge in [-0.2, -0.15) is 13.2 Å².